The second kappa shape index (κ2) is 9.65. The lowest BCUT2D eigenvalue weighted by Crippen LogP contribution is -2.46. The molecule has 0 bridgehead atoms. The summed E-state index contributed by atoms with van der Waals surface area (Å²) in [6.07, 6.45) is 6.97. The molecule has 2 atom stereocenters. The third kappa shape index (κ3) is 5.77. The van der Waals surface area contributed by atoms with Gasteiger partial charge in [0.1, 0.15) is 5.78 Å². The summed E-state index contributed by atoms with van der Waals surface area (Å²) in [5.41, 5.74) is 2.30. The zero-order valence-corrected chi connectivity index (χ0v) is 17.1. The Labute approximate surface area is 168 Å². The fraction of sp³-hybridized carbons (Fsp3) is 0.417. The average molecular weight is 382 g/mol. The van der Waals surface area contributed by atoms with Crippen molar-refractivity contribution in [3.8, 4) is 0 Å². The lowest BCUT2D eigenvalue weighted by atomic mass is 9.68. The molecule has 2 rings (SSSR count). The molecule has 4 nitrogen and oxygen atoms in total. The number of carbonyl (C=O) groups excluding carboxylic acids is 1. The van der Waals surface area contributed by atoms with E-state index in [1.54, 1.807) is 13.0 Å². The van der Waals surface area contributed by atoms with E-state index in [0.29, 0.717) is 24.5 Å². The molecule has 1 heterocycles. The van der Waals surface area contributed by atoms with Crippen LogP contribution in [0, 0.1) is 11.3 Å². The molecular weight excluding hydrogens is 350 g/mol. The molecule has 0 amide bonds. The SMILES string of the molecule is C=C(/C=C\CC(C)=O)C1(C)CCN(CC(=Cc2ccccc2)C(=O)O)CC1C. The molecule has 0 aromatic heterocycles. The lowest BCUT2D eigenvalue weighted by molar-refractivity contribution is -0.133. The zero-order valence-electron chi connectivity index (χ0n) is 17.1. The molecule has 1 N–H and O–H groups in total. The Bertz CT molecular complexity index is 778. The first kappa shape index (κ1) is 21.8. The van der Waals surface area contributed by atoms with E-state index < -0.39 is 5.97 Å². The molecule has 4 heteroatoms. The van der Waals surface area contributed by atoms with Crippen LogP contribution in [0.3, 0.4) is 0 Å². The fourth-order valence-corrected chi connectivity index (χ4v) is 3.66. The van der Waals surface area contributed by atoms with Crippen LogP contribution in [0.5, 0.6) is 0 Å². The number of carboxylic acids is 1. The third-order valence-corrected chi connectivity index (χ3v) is 5.83. The van der Waals surface area contributed by atoms with Gasteiger partial charge in [-0.25, -0.2) is 4.79 Å². The summed E-state index contributed by atoms with van der Waals surface area (Å²) >= 11 is 0. The highest BCUT2D eigenvalue weighted by atomic mass is 16.4. The van der Waals surface area contributed by atoms with Crippen LogP contribution in [0.15, 0.2) is 60.2 Å². The molecule has 1 aromatic rings. The summed E-state index contributed by atoms with van der Waals surface area (Å²) in [4.78, 5) is 25.1. The van der Waals surface area contributed by atoms with E-state index in [0.717, 1.165) is 30.6 Å². The number of rotatable bonds is 8. The van der Waals surface area contributed by atoms with Crippen molar-refractivity contribution in [1.29, 1.82) is 0 Å². The summed E-state index contributed by atoms with van der Waals surface area (Å²) in [7, 11) is 0. The number of piperidine rings is 1. The number of Topliss-reactive ketones (excluding diaryl/α,β-unsaturated/α-hetero) is 1. The molecule has 28 heavy (non-hydrogen) atoms. The molecule has 1 aliphatic heterocycles. The van der Waals surface area contributed by atoms with E-state index >= 15 is 0 Å². The van der Waals surface area contributed by atoms with Gasteiger partial charge in [-0.3, -0.25) is 9.69 Å². The van der Waals surface area contributed by atoms with Crippen molar-refractivity contribution in [2.75, 3.05) is 19.6 Å². The molecule has 0 saturated carbocycles. The monoisotopic (exact) mass is 381 g/mol. The van der Waals surface area contributed by atoms with Crippen molar-refractivity contribution >= 4 is 17.8 Å². The van der Waals surface area contributed by atoms with E-state index in [2.05, 4.69) is 25.3 Å². The maximum absolute atomic E-state index is 11.7. The van der Waals surface area contributed by atoms with Crippen molar-refractivity contribution < 1.29 is 14.7 Å². The van der Waals surface area contributed by atoms with Crippen LogP contribution in [0.2, 0.25) is 0 Å². The molecular formula is C24H31NO3. The van der Waals surface area contributed by atoms with Gasteiger partial charge in [-0.2, -0.15) is 0 Å². The normalized spacial score (nSPS) is 23.7. The van der Waals surface area contributed by atoms with Crippen molar-refractivity contribution in [3.05, 3.63) is 65.8 Å². The average Bonchev–Trinajstić information content (AvgIpc) is 2.64. The van der Waals surface area contributed by atoms with Gasteiger partial charge in [-0.05, 0) is 48.4 Å². The number of carboxylic acid groups (broad SMARTS) is 1. The number of aliphatic carboxylic acids is 1. The summed E-state index contributed by atoms with van der Waals surface area (Å²) in [6, 6.07) is 9.56. The third-order valence-electron chi connectivity index (χ3n) is 5.83. The number of likely N-dealkylation sites (tertiary alicyclic amines) is 1. The van der Waals surface area contributed by atoms with E-state index in [9.17, 15) is 14.7 Å². The second-order valence-corrected chi connectivity index (χ2v) is 8.02. The Morgan fingerprint density at radius 1 is 1.32 bits per heavy atom. The highest BCUT2D eigenvalue weighted by molar-refractivity contribution is 5.92. The fourth-order valence-electron chi connectivity index (χ4n) is 3.66. The first-order chi connectivity index (χ1) is 13.2. The van der Waals surface area contributed by atoms with Crippen LogP contribution in [-0.2, 0) is 9.59 Å². The Balaban J connectivity index is 2.04. The van der Waals surface area contributed by atoms with Crippen molar-refractivity contribution in [1.82, 2.24) is 4.90 Å². The number of hydrogen-bond donors (Lipinski definition) is 1. The molecule has 1 aromatic carbocycles. The number of hydrogen-bond acceptors (Lipinski definition) is 3. The van der Waals surface area contributed by atoms with Gasteiger partial charge in [0.25, 0.3) is 0 Å². The molecule has 0 radical (unpaired) electrons. The molecule has 150 valence electrons. The minimum absolute atomic E-state index is 0.0453. The van der Waals surface area contributed by atoms with Gasteiger partial charge in [0.05, 0.1) is 5.57 Å². The molecule has 0 aliphatic carbocycles. The Morgan fingerprint density at radius 3 is 2.57 bits per heavy atom. The standard InChI is InChI=1S/C24H31NO3/c1-18(9-8-10-20(3)26)24(4)13-14-25(16-19(24)2)17-22(23(27)28)15-21-11-6-5-7-12-21/h5-9,11-12,15,19H,1,10,13-14,16-17H2,2-4H3,(H,27,28)/b9-8-,22-15?. The van der Waals surface area contributed by atoms with Crippen LogP contribution in [-0.4, -0.2) is 41.4 Å². The van der Waals surface area contributed by atoms with E-state index in [4.69, 9.17) is 0 Å². The highest BCUT2D eigenvalue weighted by Crippen LogP contribution is 2.42. The number of carbonyl (C=O) groups is 2. The van der Waals surface area contributed by atoms with Crippen LogP contribution in [0.1, 0.15) is 39.2 Å². The van der Waals surface area contributed by atoms with Crippen molar-refractivity contribution in [2.24, 2.45) is 11.3 Å². The molecule has 1 saturated heterocycles. The van der Waals surface area contributed by atoms with Gasteiger partial charge in [-0.1, -0.05) is 62.9 Å². The Kier molecular flexibility index (Phi) is 7.53. The smallest absolute Gasteiger partial charge is 0.332 e. The predicted octanol–water partition coefficient (Wildman–Crippen LogP) is 4.59. The van der Waals surface area contributed by atoms with Crippen LogP contribution < -0.4 is 0 Å². The largest absolute Gasteiger partial charge is 0.478 e. The Morgan fingerprint density at radius 2 is 2.00 bits per heavy atom. The minimum atomic E-state index is -0.874. The van der Waals surface area contributed by atoms with Crippen molar-refractivity contribution in [2.45, 2.75) is 33.6 Å². The number of nitrogens with zero attached hydrogens (tertiary/aromatic N) is 1. The summed E-state index contributed by atoms with van der Waals surface area (Å²) in [5.74, 6) is -0.396. The van der Waals surface area contributed by atoms with Crippen LogP contribution >= 0.6 is 0 Å². The first-order valence-electron chi connectivity index (χ1n) is 9.79. The molecule has 0 spiro atoms. The molecule has 2 unspecified atom stereocenters. The first-order valence-corrected chi connectivity index (χ1v) is 9.79. The van der Waals surface area contributed by atoms with Gasteiger partial charge in [0.15, 0.2) is 0 Å². The predicted molar refractivity (Wildman–Crippen MR) is 114 cm³/mol. The maximum Gasteiger partial charge on any atom is 0.332 e. The number of allylic oxidation sites excluding steroid dienone is 3. The zero-order chi connectivity index (χ0) is 20.7. The highest BCUT2D eigenvalue weighted by Gasteiger charge is 2.38. The number of ketones is 1. The van der Waals surface area contributed by atoms with E-state index in [1.807, 2.05) is 42.5 Å². The van der Waals surface area contributed by atoms with E-state index in [1.165, 1.54) is 0 Å². The van der Waals surface area contributed by atoms with E-state index in [-0.39, 0.29) is 11.2 Å². The summed E-state index contributed by atoms with van der Waals surface area (Å²) < 4.78 is 0. The Hall–Kier alpha value is -2.46. The molecule has 1 fully saturated rings. The lowest BCUT2D eigenvalue weighted by Gasteiger charge is -2.45. The number of benzene rings is 1. The maximum atomic E-state index is 11.7. The summed E-state index contributed by atoms with van der Waals surface area (Å²) in [6.45, 7) is 12.3. The molecule has 1 aliphatic rings. The van der Waals surface area contributed by atoms with Gasteiger partial charge in [0.2, 0.25) is 0 Å². The van der Waals surface area contributed by atoms with Gasteiger partial charge >= 0.3 is 5.97 Å². The topological polar surface area (TPSA) is 57.6 Å². The van der Waals surface area contributed by atoms with Gasteiger partial charge in [-0.15, -0.1) is 0 Å². The van der Waals surface area contributed by atoms with Gasteiger partial charge < -0.3 is 5.11 Å². The van der Waals surface area contributed by atoms with Crippen LogP contribution in [0.25, 0.3) is 6.08 Å². The quantitative estimate of drug-likeness (QED) is 0.528. The van der Waals surface area contributed by atoms with Crippen LogP contribution in [0.4, 0.5) is 0 Å². The summed E-state index contributed by atoms with van der Waals surface area (Å²) in [5, 5.41) is 9.62. The second-order valence-electron chi connectivity index (χ2n) is 8.02. The minimum Gasteiger partial charge on any atom is -0.478 e. The van der Waals surface area contributed by atoms with Crippen molar-refractivity contribution in [3.63, 3.8) is 0 Å². The van der Waals surface area contributed by atoms with Gasteiger partial charge in [0, 0.05) is 19.5 Å².